The summed E-state index contributed by atoms with van der Waals surface area (Å²) >= 11 is 0. The number of hydrogen-bond acceptors (Lipinski definition) is 4. The number of carbonyl (C=O) groups is 2. The zero-order chi connectivity index (χ0) is 20.6. The molecule has 1 N–H and O–H groups in total. The number of nitrogens with one attached hydrogen (secondary N) is 1. The molecule has 6 heteroatoms. The minimum Gasteiger partial charge on any atom is -0.494 e. The van der Waals surface area contributed by atoms with Crippen molar-refractivity contribution < 1.29 is 14.3 Å². The highest BCUT2D eigenvalue weighted by atomic mass is 16.5. The number of nitrogens with zero attached hydrogens (tertiary/aromatic N) is 2. The monoisotopic (exact) mass is 395 g/mol. The molecule has 6 nitrogen and oxygen atoms in total. The van der Waals surface area contributed by atoms with Crippen LogP contribution in [0.2, 0.25) is 0 Å². The first-order valence-electron chi connectivity index (χ1n) is 10.1. The fraction of sp³-hybridized carbons (Fsp3) is 0.391. The van der Waals surface area contributed by atoms with Crippen molar-refractivity contribution in [2.24, 2.45) is 0 Å². The van der Waals surface area contributed by atoms with Gasteiger partial charge >= 0.3 is 0 Å². The molecule has 0 spiro atoms. The van der Waals surface area contributed by atoms with Gasteiger partial charge in [-0.2, -0.15) is 0 Å². The lowest BCUT2D eigenvalue weighted by atomic mass is 10.1. The Morgan fingerprint density at radius 2 is 1.83 bits per heavy atom. The summed E-state index contributed by atoms with van der Waals surface area (Å²) in [5, 5.41) is 3.25. The van der Waals surface area contributed by atoms with Gasteiger partial charge in [0, 0.05) is 38.3 Å². The van der Waals surface area contributed by atoms with Crippen LogP contribution in [0.5, 0.6) is 5.75 Å². The summed E-state index contributed by atoms with van der Waals surface area (Å²) in [4.78, 5) is 29.5. The molecule has 2 amide bonds. The van der Waals surface area contributed by atoms with E-state index in [1.807, 2.05) is 43.0 Å². The smallest absolute Gasteiger partial charge is 0.254 e. The highest BCUT2D eigenvalue weighted by molar-refractivity contribution is 5.96. The molecule has 0 unspecified atom stereocenters. The normalized spacial score (nSPS) is 13.8. The van der Waals surface area contributed by atoms with Crippen LogP contribution in [-0.4, -0.2) is 60.9 Å². The van der Waals surface area contributed by atoms with Gasteiger partial charge in [0.15, 0.2) is 0 Å². The van der Waals surface area contributed by atoms with Crippen LogP contribution in [0.25, 0.3) is 0 Å². The lowest BCUT2D eigenvalue weighted by Gasteiger charge is -2.30. The molecular weight excluding hydrogens is 366 g/mol. The highest BCUT2D eigenvalue weighted by Crippen LogP contribution is 2.16. The van der Waals surface area contributed by atoms with Gasteiger partial charge in [-0.3, -0.25) is 9.59 Å². The Labute approximate surface area is 172 Å². The third-order valence-electron chi connectivity index (χ3n) is 4.95. The third-order valence-corrected chi connectivity index (χ3v) is 4.95. The van der Waals surface area contributed by atoms with E-state index in [0.717, 1.165) is 30.0 Å². The van der Waals surface area contributed by atoms with Gasteiger partial charge in [-0.25, -0.2) is 0 Å². The molecule has 1 fully saturated rings. The Morgan fingerprint density at radius 3 is 2.48 bits per heavy atom. The minimum absolute atomic E-state index is 0.0153. The van der Waals surface area contributed by atoms with Crippen molar-refractivity contribution in [2.75, 3.05) is 39.3 Å². The zero-order valence-corrected chi connectivity index (χ0v) is 17.2. The Hall–Kier alpha value is -2.86. The maximum atomic E-state index is 13.2. The second-order valence-electron chi connectivity index (χ2n) is 7.24. The van der Waals surface area contributed by atoms with Crippen LogP contribution in [0.3, 0.4) is 0 Å². The SMILES string of the molecule is CCOc1ccc(C(=O)N(CC(=O)N2CCNCC2)Cc2cccc(C)c2)cc1. The van der Waals surface area contributed by atoms with Crippen LogP contribution in [0.1, 0.15) is 28.4 Å². The Morgan fingerprint density at radius 1 is 1.10 bits per heavy atom. The van der Waals surface area contributed by atoms with Gasteiger partial charge in [-0.1, -0.05) is 29.8 Å². The van der Waals surface area contributed by atoms with Crippen molar-refractivity contribution in [3.8, 4) is 5.75 Å². The lowest BCUT2D eigenvalue weighted by molar-refractivity contribution is -0.132. The number of rotatable bonds is 7. The zero-order valence-electron chi connectivity index (χ0n) is 17.2. The first-order chi connectivity index (χ1) is 14.1. The fourth-order valence-corrected chi connectivity index (χ4v) is 3.45. The summed E-state index contributed by atoms with van der Waals surface area (Å²) in [5.74, 6) is 0.558. The molecule has 1 aliphatic heterocycles. The van der Waals surface area contributed by atoms with E-state index in [9.17, 15) is 9.59 Å². The molecule has 0 atom stereocenters. The molecule has 0 aliphatic carbocycles. The summed E-state index contributed by atoms with van der Waals surface area (Å²) in [5.41, 5.74) is 2.69. The Kier molecular flexibility index (Phi) is 7.25. The molecule has 1 heterocycles. The number of hydrogen-bond donors (Lipinski definition) is 1. The maximum absolute atomic E-state index is 13.2. The molecule has 0 saturated carbocycles. The molecule has 0 bridgehead atoms. The highest BCUT2D eigenvalue weighted by Gasteiger charge is 2.23. The molecule has 2 aromatic carbocycles. The average molecular weight is 396 g/mol. The van der Waals surface area contributed by atoms with E-state index in [2.05, 4.69) is 5.32 Å². The predicted octanol–water partition coefficient (Wildman–Crippen LogP) is 2.47. The molecular formula is C23H29N3O3. The van der Waals surface area contributed by atoms with E-state index in [-0.39, 0.29) is 18.4 Å². The first-order valence-corrected chi connectivity index (χ1v) is 10.1. The van der Waals surface area contributed by atoms with Gasteiger partial charge in [0.1, 0.15) is 12.3 Å². The van der Waals surface area contributed by atoms with E-state index in [4.69, 9.17) is 4.74 Å². The molecule has 154 valence electrons. The standard InChI is InChI=1S/C23H29N3O3/c1-3-29-21-9-7-20(8-10-21)23(28)26(16-19-6-4-5-18(2)15-19)17-22(27)25-13-11-24-12-14-25/h4-10,15,24H,3,11-14,16-17H2,1-2H3. The number of piperazine rings is 1. The van der Waals surface area contributed by atoms with Gasteiger partial charge in [0.25, 0.3) is 5.91 Å². The van der Waals surface area contributed by atoms with Crippen molar-refractivity contribution in [3.05, 3.63) is 65.2 Å². The summed E-state index contributed by atoms with van der Waals surface area (Å²) < 4.78 is 5.46. The Balaban J connectivity index is 1.78. The summed E-state index contributed by atoms with van der Waals surface area (Å²) in [6.07, 6.45) is 0. The second-order valence-corrected chi connectivity index (χ2v) is 7.24. The van der Waals surface area contributed by atoms with Crippen molar-refractivity contribution >= 4 is 11.8 Å². The average Bonchev–Trinajstić information content (AvgIpc) is 2.74. The summed E-state index contributed by atoms with van der Waals surface area (Å²) in [6.45, 7) is 7.91. The van der Waals surface area contributed by atoms with Crippen LogP contribution in [0.15, 0.2) is 48.5 Å². The van der Waals surface area contributed by atoms with E-state index in [0.29, 0.717) is 31.8 Å². The van der Waals surface area contributed by atoms with Crippen LogP contribution in [0, 0.1) is 6.92 Å². The minimum atomic E-state index is -0.155. The number of amides is 2. The molecule has 29 heavy (non-hydrogen) atoms. The van der Waals surface area contributed by atoms with Crippen molar-refractivity contribution in [1.82, 2.24) is 15.1 Å². The number of aryl methyl sites for hydroxylation is 1. The molecule has 0 aromatic heterocycles. The number of benzene rings is 2. The number of carbonyl (C=O) groups excluding carboxylic acids is 2. The van der Waals surface area contributed by atoms with Crippen molar-refractivity contribution in [1.29, 1.82) is 0 Å². The molecule has 3 rings (SSSR count). The second kappa shape index (κ2) is 10.1. The Bertz CT molecular complexity index is 830. The topological polar surface area (TPSA) is 61.9 Å². The van der Waals surface area contributed by atoms with Gasteiger partial charge in [-0.15, -0.1) is 0 Å². The largest absolute Gasteiger partial charge is 0.494 e. The van der Waals surface area contributed by atoms with Crippen molar-refractivity contribution in [3.63, 3.8) is 0 Å². The van der Waals surface area contributed by atoms with E-state index in [1.54, 1.807) is 29.2 Å². The fourth-order valence-electron chi connectivity index (χ4n) is 3.45. The van der Waals surface area contributed by atoms with Crippen LogP contribution < -0.4 is 10.1 Å². The first kappa shape index (κ1) is 20.9. The van der Waals surface area contributed by atoms with Gasteiger partial charge in [0.2, 0.25) is 5.91 Å². The predicted molar refractivity (Wildman–Crippen MR) is 113 cm³/mol. The summed E-state index contributed by atoms with van der Waals surface area (Å²) in [7, 11) is 0. The van der Waals surface area contributed by atoms with Crippen molar-refractivity contribution in [2.45, 2.75) is 20.4 Å². The molecule has 0 radical (unpaired) electrons. The van der Waals surface area contributed by atoms with Gasteiger partial charge in [-0.05, 0) is 43.7 Å². The number of ether oxygens (including phenoxy) is 1. The third kappa shape index (κ3) is 5.81. The lowest BCUT2D eigenvalue weighted by Crippen LogP contribution is -2.50. The maximum Gasteiger partial charge on any atom is 0.254 e. The quantitative estimate of drug-likeness (QED) is 0.782. The van der Waals surface area contributed by atoms with E-state index in [1.165, 1.54) is 0 Å². The molecule has 2 aromatic rings. The van der Waals surface area contributed by atoms with E-state index >= 15 is 0 Å². The van der Waals surface area contributed by atoms with E-state index < -0.39 is 0 Å². The van der Waals surface area contributed by atoms with Crippen LogP contribution in [0.4, 0.5) is 0 Å². The van der Waals surface area contributed by atoms with Crippen LogP contribution >= 0.6 is 0 Å². The summed E-state index contributed by atoms with van der Waals surface area (Å²) in [6, 6.07) is 15.1. The molecule has 1 saturated heterocycles. The van der Waals surface area contributed by atoms with Gasteiger partial charge in [0.05, 0.1) is 6.61 Å². The van der Waals surface area contributed by atoms with Crippen LogP contribution in [-0.2, 0) is 11.3 Å². The van der Waals surface area contributed by atoms with Gasteiger partial charge < -0.3 is 19.9 Å². The molecule has 1 aliphatic rings.